The molecule has 212 valence electrons. The number of unbranched alkanes of at least 4 members (excludes halogenated alkanes) is 17. The van der Waals surface area contributed by atoms with Gasteiger partial charge in [0.15, 0.2) is 0 Å². The first-order valence-corrected chi connectivity index (χ1v) is 15.2. The quantitative estimate of drug-likeness (QED) is 0.0699. The molecule has 4 nitrogen and oxygen atoms in total. The number of esters is 2. The van der Waals surface area contributed by atoms with Crippen LogP contribution in [0.15, 0.2) is 25.3 Å². The van der Waals surface area contributed by atoms with Crippen LogP contribution < -0.4 is 0 Å². The summed E-state index contributed by atoms with van der Waals surface area (Å²) in [6.07, 6.45) is 29.7. The van der Waals surface area contributed by atoms with Crippen LogP contribution in [-0.2, 0) is 19.1 Å². The van der Waals surface area contributed by atoms with E-state index in [4.69, 9.17) is 9.47 Å². The van der Waals surface area contributed by atoms with Crippen molar-refractivity contribution >= 4 is 11.9 Å². The molecule has 0 fully saturated rings. The first-order chi connectivity index (χ1) is 17.5. The van der Waals surface area contributed by atoms with E-state index in [0.717, 1.165) is 25.7 Å². The Labute approximate surface area is 224 Å². The fourth-order valence-corrected chi connectivity index (χ4v) is 4.06. The molecule has 4 heteroatoms. The second-order valence-corrected chi connectivity index (χ2v) is 9.84. The first-order valence-electron chi connectivity index (χ1n) is 15.2. The van der Waals surface area contributed by atoms with Crippen LogP contribution in [0.5, 0.6) is 0 Å². The van der Waals surface area contributed by atoms with Crippen LogP contribution in [0.3, 0.4) is 0 Å². The Balaban J connectivity index is 0. The van der Waals surface area contributed by atoms with Crippen molar-refractivity contribution in [1.29, 1.82) is 0 Å². The molecule has 0 rings (SSSR count). The molecule has 0 saturated heterocycles. The minimum absolute atomic E-state index is 0.0806. The van der Waals surface area contributed by atoms with Crippen molar-refractivity contribution in [2.24, 2.45) is 0 Å². The standard InChI is InChI=1S/C21H40O2.C11H20O2/c1-3-5-6-7-8-9-10-11-12-13-14-15-16-17-18-19-20-23-21(22)4-2;1-4-7-8-9-10(5-2)13-11(12)6-3/h4H,2-3,5-20H2,1H3;6,10H,3-5,7-9H2,1-2H3. The van der Waals surface area contributed by atoms with Crippen LogP contribution >= 0.6 is 0 Å². The number of carbonyl (C=O) groups excluding carboxylic acids is 2. The highest BCUT2D eigenvalue weighted by Gasteiger charge is 2.09. The lowest BCUT2D eigenvalue weighted by atomic mass is 10.0. The maximum Gasteiger partial charge on any atom is 0.330 e. The van der Waals surface area contributed by atoms with Gasteiger partial charge in [-0.1, -0.05) is 143 Å². The van der Waals surface area contributed by atoms with Gasteiger partial charge in [0.1, 0.15) is 6.10 Å². The molecule has 0 aromatic carbocycles. The summed E-state index contributed by atoms with van der Waals surface area (Å²) in [5.74, 6) is -0.602. The lowest BCUT2D eigenvalue weighted by Crippen LogP contribution is -2.15. The van der Waals surface area contributed by atoms with Gasteiger partial charge in [0.2, 0.25) is 0 Å². The molecule has 0 aromatic heterocycles. The van der Waals surface area contributed by atoms with Crippen LogP contribution in [0.25, 0.3) is 0 Å². The Morgan fingerprint density at radius 1 is 0.583 bits per heavy atom. The SMILES string of the molecule is C=CC(=O)OC(CC)CCCCC.C=CC(=O)OCCCCCCCCCCCCCCCCCC. The molecule has 0 saturated carbocycles. The van der Waals surface area contributed by atoms with Crippen molar-refractivity contribution in [3.63, 3.8) is 0 Å². The number of ether oxygens (including phenoxy) is 2. The van der Waals surface area contributed by atoms with Gasteiger partial charge in [-0.2, -0.15) is 0 Å². The van der Waals surface area contributed by atoms with Crippen molar-refractivity contribution in [3.8, 4) is 0 Å². The molecule has 36 heavy (non-hydrogen) atoms. The average molecular weight is 509 g/mol. The number of hydrogen-bond donors (Lipinski definition) is 0. The van der Waals surface area contributed by atoms with Crippen LogP contribution in [0.2, 0.25) is 0 Å². The topological polar surface area (TPSA) is 52.6 Å². The predicted octanol–water partition coefficient (Wildman–Crippen LogP) is 10.1. The number of hydrogen-bond acceptors (Lipinski definition) is 4. The van der Waals surface area contributed by atoms with Gasteiger partial charge in [-0.15, -0.1) is 0 Å². The van der Waals surface area contributed by atoms with Gasteiger partial charge < -0.3 is 9.47 Å². The number of rotatable bonds is 25. The summed E-state index contributed by atoms with van der Waals surface area (Å²) < 4.78 is 10.1. The van der Waals surface area contributed by atoms with Crippen LogP contribution in [0.1, 0.15) is 156 Å². The summed E-state index contributed by atoms with van der Waals surface area (Å²) in [7, 11) is 0. The van der Waals surface area contributed by atoms with E-state index < -0.39 is 0 Å². The molecule has 1 atom stereocenters. The van der Waals surface area contributed by atoms with Gasteiger partial charge in [-0.3, -0.25) is 0 Å². The molecule has 0 heterocycles. The predicted molar refractivity (Wildman–Crippen MR) is 155 cm³/mol. The molecule has 0 aliphatic heterocycles. The van der Waals surface area contributed by atoms with Crippen molar-refractivity contribution < 1.29 is 19.1 Å². The summed E-state index contributed by atoms with van der Waals surface area (Å²) in [4.78, 5) is 21.7. The zero-order valence-corrected chi connectivity index (χ0v) is 24.3. The zero-order valence-electron chi connectivity index (χ0n) is 24.3. The van der Waals surface area contributed by atoms with Crippen molar-refractivity contribution in [1.82, 2.24) is 0 Å². The molecule has 0 aromatic rings. The molecular weight excluding hydrogens is 448 g/mol. The highest BCUT2D eigenvalue weighted by Crippen LogP contribution is 2.14. The highest BCUT2D eigenvalue weighted by atomic mass is 16.5. The van der Waals surface area contributed by atoms with Gasteiger partial charge in [0.25, 0.3) is 0 Å². The van der Waals surface area contributed by atoms with E-state index in [1.54, 1.807) is 0 Å². The molecule has 0 spiro atoms. The van der Waals surface area contributed by atoms with Crippen LogP contribution in [0, 0.1) is 0 Å². The Bertz CT molecular complexity index is 500. The smallest absolute Gasteiger partial charge is 0.330 e. The van der Waals surface area contributed by atoms with Gasteiger partial charge in [-0.05, 0) is 25.7 Å². The molecule has 0 amide bonds. The second kappa shape index (κ2) is 31.4. The van der Waals surface area contributed by atoms with E-state index in [9.17, 15) is 9.59 Å². The molecule has 0 bridgehead atoms. The van der Waals surface area contributed by atoms with Gasteiger partial charge in [-0.25, -0.2) is 9.59 Å². The third-order valence-corrected chi connectivity index (χ3v) is 6.44. The fraction of sp³-hybridized carbons (Fsp3) is 0.812. The number of carbonyl (C=O) groups is 2. The molecule has 0 aliphatic carbocycles. The minimum Gasteiger partial charge on any atom is -0.463 e. The van der Waals surface area contributed by atoms with Crippen molar-refractivity contribution in [2.75, 3.05) is 6.61 Å². The van der Waals surface area contributed by atoms with Gasteiger partial charge in [0, 0.05) is 12.2 Å². The van der Waals surface area contributed by atoms with Crippen LogP contribution in [-0.4, -0.2) is 24.6 Å². The average Bonchev–Trinajstić information content (AvgIpc) is 2.89. The van der Waals surface area contributed by atoms with E-state index in [1.165, 1.54) is 121 Å². The molecule has 0 aliphatic rings. The Morgan fingerprint density at radius 3 is 1.36 bits per heavy atom. The van der Waals surface area contributed by atoms with E-state index in [-0.39, 0.29) is 18.0 Å². The normalized spacial score (nSPS) is 11.2. The molecular formula is C32H60O4. The summed E-state index contributed by atoms with van der Waals surface area (Å²) in [5.41, 5.74) is 0. The Morgan fingerprint density at radius 2 is 0.972 bits per heavy atom. The van der Waals surface area contributed by atoms with Crippen LogP contribution in [0.4, 0.5) is 0 Å². The molecule has 0 radical (unpaired) electrons. The largest absolute Gasteiger partial charge is 0.463 e. The van der Waals surface area contributed by atoms with Crippen molar-refractivity contribution in [2.45, 2.75) is 162 Å². The van der Waals surface area contributed by atoms with Gasteiger partial charge >= 0.3 is 11.9 Å². The highest BCUT2D eigenvalue weighted by molar-refractivity contribution is 5.81. The Hall–Kier alpha value is -1.58. The third kappa shape index (κ3) is 30.5. The third-order valence-electron chi connectivity index (χ3n) is 6.44. The summed E-state index contributed by atoms with van der Waals surface area (Å²) >= 11 is 0. The second-order valence-electron chi connectivity index (χ2n) is 9.84. The van der Waals surface area contributed by atoms with E-state index >= 15 is 0 Å². The Kier molecular flexibility index (Phi) is 32.0. The fourth-order valence-electron chi connectivity index (χ4n) is 4.06. The van der Waals surface area contributed by atoms with E-state index in [0.29, 0.717) is 6.61 Å². The minimum atomic E-state index is -0.302. The zero-order chi connectivity index (χ0) is 27.1. The maximum atomic E-state index is 10.9. The monoisotopic (exact) mass is 508 g/mol. The summed E-state index contributed by atoms with van der Waals surface area (Å²) in [5, 5.41) is 0. The van der Waals surface area contributed by atoms with Gasteiger partial charge in [0.05, 0.1) is 6.61 Å². The van der Waals surface area contributed by atoms with Crippen molar-refractivity contribution in [3.05, 3.63) is 25.3 Å². The maximum absolute atomic E-state index is 10.9. The summed E-state index contributed by atoms with van der Waals surface area (Å²) in [6.45, 7) is 13.8. The molecule has 1 unspecified atom stereocenters. The van der Waals surface area contributed by atoms with E-state index in [2.05, 4.69) is 27.0 Å². The molecule has 0 N–H and O–H groups in total. The lowest BCUT2D eigenvalue weighted by Gasteiger charge is -2.14. The lowest BCUT2D eigenvalue weighted by molar-refractivity contribution is -0.143. The summed E-state index contributed by atoms with van der Waals surface area (Å²) in [6, 6.07) is 0. The van der Waals surface area contributed by atoms with E-state index in [1.807, 2.05) is 6.92 Å². The first kappa shape index (κ1) is 36.6.